The zero-order valence-corrected chi connectivity index (χ0v) is 23.7. The highest BCUT2D eigenvalue weighted by molar-refractivity contribution is 6.34. The van der Waals surface area contributed by atoms with Crippen LogP contribution in [0.1, 0.15) is 45.6 Å². The van der Waals surface area contributed by atoms with Crippen LogP contribution in [0.15, 0.2) is 42.5 Å². The summed E-state index contributed by atoms with van der Waals surface area (Å²) in [6, 6.07) is 3.71. The van der Waals surface area contributed by atoms with E-state index in [0.29, 0.717) is 30.0 Å². The van der Waals surface area contributed by atoms with Gasteiger partial charge in [0.05, 0.1) is 35.9 Å². The van der Waals surface area contributed by atoms with Gasteiger partial charge in [-0.3, -0.25) is 14.4 Å². The minimum atomic E-state index is -1.42. The molecule has 9 heteroatoms. The van der Waals surface area contributed by atoms with Gasteiger partial charge in [-0.05, 0) is 43.7 Å². The third-order valence-electron chi connectivity index (χ3n) is 8.65. The SMILES string of the molecule is CC[C@]12C=CCCOC(=O)[C@H]1[C@H]1C(=O)N([C@@H](CO)CC(C)C)C3C(=O)N(c4c(C)cccc4Cl)CC=C[C@@]31O2. The third-order valence-corrected chi connectivity index (χ3v) is 8.95. The van der Waals surface area contributed by atoms with Crippen molar-refractivity contribution in [1.82, 2.24) is 4.90 Å². The Balaban J connectivity index is 1.72. The van der Waals surface area contributed by atoms with Crippen molar-refractivity contribution in [3.05, 3.63) is 53.1 Å². The molecule has 5 rings (SSSR count). The lowest BCUT2D eigenvalue weighted by atomic mass is 9.73. The number of halogens is 1. The number of hydrogen-bond acceptors (Lipinski definition) is 6. The van der Waals surface area contributed by atoms with E-state index in [1.165, 1.54) is 4.90 Å². The summed E-state index contributed by atoms with van der Waals surface area (Å²) in [4.78, 5) is 45.8. The Kier molecular flexibility index (Phi) is 7.42. The van der Waals surface area contributed by atoms with Crippen LogP contribution in [-0.2, 0) is 23.9 Å². The lowest BCUT2D eigenvalue weighted by Crippen LogP contribution is -2.59. The van der Waals surface area contributed by atoms with E-state index in [4.69, 9.17) is 21.1 Å². The molecular formula is C30H37ClN2O6. The number of hydrogen-bond donors (Lipinski definition) is 1. The number of likely N-dealkylation sites (tertiary alicyclic amines) is 1. The second-order valence-corrected chi connectivity index (χ2v) is 11.9. The highest BCUT2D eigenvalue weighted by atomic mass is 35.5. The fourth-order valence-corrected chi connectivity index (χ4v) is 7.37. The molecule has 0 radical (unpaired) electrons. The molecular weight excluding hydrogens is 520 g/mol. The summed E-state index contributed by atoms with van der Waals surface area (Å²) in [5.41, 5.74) is -1.13. The van der Waals surface area contributed by atoms with Crippen molar-refractivity contribution in [2.75, 3.05) is 24.7 Å². The molecule has 4 heterocycles. The second kappa shape index (κ2) is 10.4. The maximum atomic E-state index is 14.7. The largest absolute Gasteiger partial charge is 0.465 e. The van der Waals surface area contributed by atoms with E-state index in [9.17, 15) is 19.5 Å². The van der Waals surface area contributed by atoms with Crippen molar-refractivity contribution in [3.63, 3.8) is 0 Å². The first-order valence-electron chi connectivity index (χ1n) is 13.8. The number of nitrogens with zero attached hydrogens (tertiary/aromatic N) is 2. The van der Waals surface area contributed by atoms with Crippen molar-refractivity contribution < 1.29 is 29.0 Å². The predicted molar refractivity (Wildman–Crippen MR) is 147 cm³/mol. The minimum absolute atomic E-state index is 0.148. The smallest absolute Gasteiger partial charge is 0.313 e. The number of aliphatic hydroxyl groups is 1. The molecule has 2 saturated heterocycles. The average Bonchev–Trinajstić information content (AvgIpc) is 3.24. The molecule has 1 aromatic rings. The number of aryl methyl sites for hydroxylation is 1. The first-order chi connectivity index (χ1) is 18.6. The molecule has 1 unspecified atom stereocenters. The van der Waals surface area contributed by atoms with Crippen molar-refractivity contribution >= 4 is 35.1 Å². The Morgan fingerprint density at radius 3 is 2.56 bits per heavy atom. The van der Waals surface area contributed by atoms with Gasteiger partial charge in [0.15, 0.2) is 0 Å². The monoisotopic (exact) mass is 556 g/mol. The van der Waals surface area contributed by atoms with Crippen LogP contribution in [0.4, 0.5) is 5.69 Å². The summed E-state index contributed by atoms with van der Waals surface area (Å²) in [7, 11) is 0. The normalized spacial score (nSPS) is 32.9. The summed E-state index contributed by atoms with van der Waals surface area (Å²) in [6.07, 6.45) is 8.89. The zero-order valence-electron chi connectivity index (χ0n) is 22.9. The predicted octanol–water partition coefficient (Wildman–Crippen LogP) is 3.82. The Labute approximate surface area is 234 Å². The molecule has 2 fully saturated rings. The highest BCUT2D eigenvalue weighted by Gasteiger charge is 2.76. The maximum Gasteiger partial charge on any atom is 0.313 e. The maximum absolute atomic E-state index is 14.7. The molecule has 4 aliphatic rings. The molecule has 210 valence electrons. The number of aliphatic hydroxyl groups excluding tert-OH is 1. The van der Waals surface area contributed by atoms with Gasteiger partial charge in [0.25, 0.3) is 5.91 Å². The Hall–Kier alpha value is -2.68. The number of rotatable bonds is 6. The topological polar surface area (TPSA) is 96.4 Å². The van der Waals surface area contributed by atoms with Crippen LogP contribution in [0, 0.1) is 24.7 Å². The van der Waals surface area contributed by atoms with Crippen LogP contribution >= 0.6 is 11.6 Å². The number of carbonyl (C=O) groups excluding carboxylic acids is 3. The molecule has 0 aromatic heterocycles. The molecule has 0 saturated carbocycles. The summed E-state index contributed by atoms with van der Waals surface area (Å²) >= 11 is 6.62. The zero-order chi connectivity index (χ0) is 28.1. The number of cyclic esters (lactones) is 1. The number of fused-ring (bicyclic) bond motifs is 2. The standard InChI is InChI=1S/C30H37ClN2O6/c1-5-29-12-6-7-15-38-28(37)23(29)22-26(35)33(20(17-34)16-18(2)3)25-27(36)32(14-9-13-30(22,25)39-29)24-19(4)10-8-11-21(24)31/h6,8-13,18,20,22-23,25,34H,5,7,14-17H2,1-4H3/t20-,22+,23-,25?,29+,30+/m1/s1. The molecule has 0 bridgehead atoms. The fraction of sp³-hybridized carbons (Fsp3) is 0.567. The van der Waals surface area contributed by atoms with Gasteiger partial charge in [-0.15, -0.1) is 0 Å². The van der Waals surface area contributed by atoms with Gasteiger partial charge in [-0.2, -0.15) is 0 Å². The van der Waals surface area contributed by atoms with E-state index in [0.717, 1.165) is 5.56 Å². The number of benzene rings is 1. The van der Waals surface area contributed by atoms with Crippen molar-refractivity contribution in [2.24, 2.45) is 17.8 Å². The van der Waals surface area contributed by atoms with Gasteiger partial charge in [0.2, 0.25) is 5.91 Å². The van der Waals surface area contributed by atoms with Crippen LogP contribution in [0.25, 0.3) is 0 Å². The van der Waals surface area contributed by atoms with Crippen molar-refractivity contribution in [3.8, 4) is 0 Å². The van der Waals surface area contributed by atoms with Gasteiger partial charge < -0.3 is 24.4 Å². The number of carbonyl (C=O) groups is 3. The molecule has 1 aromatic carbocycles. The minimum Gasteiger partial charge on any atom is -0.465 e. The lowest BCUT2D eigenvalue weighted by Gasteiger charge is -2.41. The average molecular weight is 557 g/mol. The number of esters is 1. The van der Waals surface area contributed by atoms with E-state index in [1.54, 1.807) is 17.0 Å². The van der Waals surface area contributed by atoms with Gasteiger partial charge in [-0.1, -0.05) is 68.8 Å². The van der Waals surface area contributed by atoms with E-state index in [-0.39, 0.29) is 37.5 Å². The van der Waals surface area contributed by atoms with E-state index in [2.05, 4.69) is 0 Å². The van der Waals surface area contributed by atoms with Crippen LogP contribution in [-0.4, -0.2) is 70.8 Å². The molecule has 1 N–H and O–H groups in total. The van der Waals surface area contributed by atoms with Crippen LogP contribution in [0.5, 0.6) is 0 Å². The van der Waals surface area contributed by atoms with Gasteiger partial charge >= 0.3 is 5.97 Å². The van der Waals surface area contributed by atoms with Crippen molar-refractivity contribution in [1.29, 1.82) is 0 Å². The Morgan fingerprint density at radius 1 is 1.13 bits per heavy atom. The van der Waals surface area contributed by atoms with Crippen LogP contribution in [0.2, 0.25) is 5.02 Å². The van der Waals surface area contributed by atoms with Crippen LogP contribution in [0.3, 0.4) is 0 Å². The summed E-state index contributed by atoms with van der Waals surface area (Å²) in [6.45, 7) is 7.92. The lowest BCUT2D eigenvalue weighted by molar-refractivity contribution is -0.162. The van der Waals surface area contributed by atoms with Crippen LogP contribution < -0.4 is 4.90 Å². The molecule has 1 spiro atoms. The summed E-state index contributed by atoms with van der Waals surface area (Å²) in [5.74, 6) is -2.98. The Morgan fingerprint density at radius 2 is 1.90 bits per heavy atom. The molecule has 2 amide bonds. The number of amides is 2. The highest BCUT2D eigenvalue weighted by Crippen LogP contribution is 2.59. The first kappa shape index (κ1) is 27.9. The molecule has 4 aliphatic heterocycles. The molecule has 6 atom stereocenters. The van der Waals surface area contributed by atoms with Crippen molar-refractivity contribution in [2.45, 2.75) is 70.2 Å². The quantitative estimate of drug-likeness (QED) is 0.423. The van der Waals surface area contributed by atoms with Gasteiger partial charge in [0, 0.05) is 6.54 Å². The number of ether oxygens (including phenoxy) is 2. The fourth-order valence-electron chi connectivity index (χ4n) is 7.05. The molecule has 8 nitrogen and oxygen atoms in total. The molecule has 0 aliphatic carbocycles. The number of anilines is 1. The van der Waals surface area contributed by atoms with E-state index in [1.807, 2.05) is 58.1 Å². The van der Waals surface area contributed by atoms with E-state index >= 15 is 0 Å². The number of para-hydroxylation sites is 1. The molecule has 39 heavy (non-hydrogen) atoms. The van der Waals surface area contributed by atoms with E-state index < -0.39 is 41.1 Å². The second-order valence-electron chi connectivity index (χ2n) is 11.4. The Bertz CT molecular complexity index is 1210. The first-order valence-corrected chi connectivity index (χ1v) is 14.2. The third kappa shape index (κ3) is 4.23. The summed E-state index contributed by atoms with van der Waals surface area (Å²) in [5, 5.41) is 10.9. The summed E-state index contributed by atoms with van der Waals surface area (Å²) < 4.78 is 12.5. The van der Waals surface area contributed by atoms with Gasteiger partial charge in [0.1, 0.15) is 23.2 Å². The van der Waals surface area contributed by atoms with Gasteiger partial charge in [-0.25, -0.2) is 0 Å².